The molecule has 4 nitrogen and oxygen atoms in total. The Balaban J connectivity index is 2.33. The van der Waals surface area contributed by atoms with Gasteiger partial charge in [-0.1, -0.05) is 6.07 Å². The number of rotatable bonds is 6. The lowest BCUT2D eigenvalue weighted by Gasteiger charge is -2.19. The van der Waals surface area contributed by atoms with Gasteiger partial charge in [0.2, 0.25) is 0 Å². The summed E-state index contributed by atoms with van der Waals surface area (Å²) in [5, 5.41) is 13.0. The van der Waals surface area contributed by atoms with Crippen molar-refractivity contribution in [2.75, 3.05) is 27.2 Å². The van der Waals surface area contributed by atoms with Gasteiger partial charge in [-0.15, -0.1) is 0 Å². The fourth-order valence-corrected chi connectivity index (χ4v) is 1.54. The zero-order valence-corrected chi connectivity index (χ0v) is 10.2. The predicted molar refractivity (Wildman–Crippen MR) is 65.2 cm³/mol. The average molecular weight is 223 g/mol. The van der Waals surface area contributed by atoms with E-state index in [0.717, 1.165) is 5.69 Å². The van der Waals surface area contributed by atoms with Crippen molar-refractivity contribution in [1.82, 2.24) is 15.2 Å². The Hall–Kier alpha value is -0.970. The van der Waals surface area contributed by atoms with Gasteiger partial charge in [0.15, 0.2) is 0 Å². The van der Waals surface area contributed by atoms with Crippen molar-refractivity contribution < 1.29 is 5.11 Å². The highest BCUT2D eigenvalue weighted by Gasteiger charge is 2.09. The first kappa shape index (κ1) is 13.1. The summed E-state index contributed by atoms with van der Waals surface area (Å²) in [6.45, 7) is 3.29. The number of nitrogens with one attached hydrogen (secondary N) is 1. The number of aliphatic hydroxyl groups excluding tert-OH is 1. The number of pyridine rings is 1. The van der Waals surface area contributed by atoms with Crippen molar-refractivity contribution in [2.45, 2.75) is 19.1 Å². The molecule has 1 aromatic rings. The van der Waals surface area contributed by atoms with E-state index in [0.29, 0.717) is 13.1 Å². The summed E-state index contributed by atoms with van der Waals surface area (Å²) in [5.41, 5.74) is 1.000. The van der Waals surface area contributed by atoms with Crippen molar-refractivity contribution >= 4 is 0 Å². The molecule has 0 amide bonds. The van der Waals surface area contributed by atoms with Gasteiger partial charge in [-0.25, -0.2) is 0 Å². The largest absolute Gasteiger partial charge is 0.390 e. The van der Waals surface area contributed by atoms with E-state index in [1.54, 1.807) is 6.20 Å². The van der Waals surface area contributed by atoms with Crippen LogP contribution < -0.4 is 5.32 Å². The monoisotopic (exact) mass is 223 g/mol. The van der Waals surface area contributed by atoms with Crippen molar-refractivity contribution in [3.05, 3.63) is 30.1 Å². The Labute approximate surface area is 97.3 Å². The molecular weight excluding hydrogens is 202 g/mol. The third-order valence-corrected chi connectivity index (χ3v) is 2.37. The zero-order chi connectivity index (χ0) is 12.0. The lowest BCUT2D eigenvalue weighted by Crippen LogP contribution is -2.36. The minimum atomic E-state index is -0.346. The van der Waals surface area contributed by atoms with Gasteiger partial charge in [0, 0.05) is 25.3 Å². The van der Waals surface area contributed by atoms with Crippen molar-refractivity contribution in [3.63, 3.8) is 0 Å². The van der Waals surface area contributed by atoms with Crippen LogP contribution in [0.15, 0.2) is 24.4 Å². The molecule has 0 aliphatic rings. The highest BCUT2D eigenvalue weighted by Crippen LogP contribution is 2.07. The van der Waals surface area contributed by atoms with Crippen LogP contribution >= 0.6 is 0 Å². The highest BCUT2D eigenvalue weighted by molar-refractivity contribution is 5.07. The second-order valence-corrected chi connectivity index (χ2v) is 4.30. The maximum absolute atomic E-state index is 9.69. The molecule has 1 rings (SSSR count). The lowest BCUT2D eigenvalue weighted by molar-refractivity contribution is 0.132. The topological polar surface area (TPSA) is 48.4 Å². The maximum Gasteiger partial charge on any atom is 0.0791 e. The summed E-state index contributed by atoms with van der Waals surface area (Å²) in [7, 11) is 3.90. The van der Waals surface area contributed by atoms with Crippen LogP contribution in [0.5, 0.6) is 0 Å². The standard InChI is InChI=1S/C12H21N3O/c1-10(12-6-4-5-7-13-12)14-8-11(16)9-15(2)3/h4-7,10-11,14,16H,8-9H2,1-3H3/t10-,11?/m1/s1. The van der Waals surface area contributed by atoms with Crippen LogP contribution in [0, 0.1) is 0 Å². The number of nitrogens with zero attached hydrogens (tertiary/aromatic N) is 2. The molecule has 4 heteroatoms. The Morgan fingerprint density at radius 1 is 1.44 bits per heavy atom. The summed E-state index contributed by atoms with van der Waals surface area (Å²) in [4.78, 5) is 6.23. The van der Waals surface area contributed by atoms with Crippen LogP contribution in [0.25, 0.3) is 0 Å². The van der Waals surface area contributed by atoms with Crippen LogP contribution in [0.4, 0.5) is 0 Å². The zero-order valence-electron chi connectivity index (χ0n) is 10.2. The van der Waals surface area contributed by atoms with E-state index in [2.05, 4.69) is 10.3 Å². The summed E-state index contributed by atoms with van der Waals surface area (Å²) in [5.74, 6) is 0. The van der Waals surface area contributed by atoms with E-state index in [9.17, 15) is 5.11 Å². The number of aliphatic hydroxyl groups is 1. The Kier molecular flexibility index (Phi) is 5.38. The van der Waals surface area contributed by atoms with E-state index < -0.39 is 0 Å². The molecule has 0 aliphatic heterocycles. The SMILES string of the molecule is C[C@@H](NCC(O)CN(C)C)c1ccccn1. The molecular formula is C12H21N3O. The van der Waals surface area contributed by atoms with Gasteiger partial charge < -0.3 is 15.3 Å². The fraction of sp³-hybridized carbons (Fsp3) is 0.583. The summed E-state index contributed by atoms with van der Waals surface area (Å²) in [6.07, 6.45) is 1.44. The maximum atomic E-state index is 9.69. The fourth-order valence-electron chi connectivity index (χ4n) is 1.54. The van der Waals surface area contributed by atoms with Gasteiger partial charge in [0.1, 0.15) is 0 Å². The van der Waals surface area contributed by atoms with Gasteiger partial charge in [-0.3, -0.25) is 4.98 Å². The molecule has 0 aliphatic carbocycles. The first-order chi connectivity index (χ1) is 7.59. The molecule has 0 saturated heterocycles. The van der Waals surface area contributed by atoms with Gasteiger partial charge in [-0.05, 0) is 33.2 Å². The van der Waals surface area contributed by atoms with Crippen LogP contribution in [-0.4, -0.2) is 48.3 Å². The first-order valence-electron chi connectivity index (χ1n) is 5.56. The minimum Gasteiger partial charge on any atom is -0.390 e. The number of likely N-dealkylation sites (N-methyl/N-ethyl adjacent to an activating group) is 1. The molecule has 90 valence electrons. The molecule has 1 heterocycles. The minimum absolute atomic E-state index is 0.165. The third-order valence-electron chi connectivity index (χ3n) is 2.37. The van der Waals surface area contributed by atoms with Gasteiger partial charge in [-0.2, -0.15) is 0 Å². The molecule has 1 aromatic heterocycles. The quantitative estimate of drug-likeness (QED) is 0.743. The highest BCUT2D eigenvalue weighted by atomic mass is 16.3. The predicted octanol–water partition coefficient (Wildman–Crippen LogP) is 0.655. The van der Waals surface area contributed by atoms with Crippen molar-refractivity contribution in [2.24, 2.45) is 0 Å². The summed E-state index contributed by atoms with van der Waals surface area (Å²) in [6, 6.07) is 6.02. The van der Waals surface area contributed by atoms with Crippen LogP contribution in [0.3, 0.4) is 0 Å². The first-order valence-corrected chi connectivity index (χ1v) is 5.56. The van der Waals surface area contributed by atoms with E-state index in [1.165, 1.54) is 0 Å². The van der Waals surface area contributed by atoms with Gasteiger partial charge >= 0.3 is 0 Å². The number of hydrogen-bond acceptors (Lipinski definition) is 4. The van der Waals surface area contributed by atoms with Crippen LogP contribution in [0.2, 0.25) is 0 Å². The van der Waals surface area contributed by atoms with Crippen LogP contribution in [-0.2, 0) is 0 Å². The second kappa shape index (κ2) is 6.58. The molecule has 0 aromatic carbocycles. The van der Waals surface area contributed by atoms with Gasteiger partial charge in [0.25, 0.3) is 0 Å². The molecule has 0 radical (unpaired) electrons. The number of aromatic nitrogens is 1. The third kappa shape index (κ3) is 4.70. The summed E-state index contributed by atoms with van der Waals surface area (Å²) >= 11 is 0. The van der Waals surface area contributed by atoms with E-state index >= 15 is 0 Å². The molecule has 0 bridgehead atoms. The van der Waals surface area contributed by atoms with E-state index in [1.807, 2.05) is 44.1 Å². The molecule has 2 atom stereocenters. The average Bonchev–Trinajstić information content (AvgIpc) is 2.26. The number of hydrogen-bond donors (Lipinski definition) is 2. The van der Waals surface area contributed by atoms with Crippen molar-refractivity contribution in [1.29, 1.82) is 0 Å². The summed E-state index contributed by atoms with van der Waals surface area (Å²) < 4.78 is 0. The smallest absolute Gasteiger partial charge is 0.0791 e. The van der Waals surface area contributed by atoms with Crippen LogP contribution in [0.1, 0.15) is 18.7 Å². The second-order valence-electron chi connectivity index (χ2n) is 4.30. The Bertz CT molecular complexity index is 290. The van der Waals surface area contributed by atoms with E-state index in [-0.39, 0.29) is 12.1 Å². The normalized spacial score (nSPS) is 15.1. The van der Waals surface area contributed by atoms with Crippen molar-refractivity contribution in [3.8, 4) is 0 Å². The molecule has 0 spiro atoms. The molecule has 16 heavy (non-hydrogen) atoms. The Morgan fingerprint density at radius 2 is 2.19 bits per heavy atom. The van der Waals surface area contributed by atoms with E-state index in [4.69, 9.17) is 0 Å². The molecule has 2 N–H and O–H groups in total. The van der Waals surface area contributed by atoms with Gasteiger partial charge in [0.05, 0.1) is 11.8 Å². The molecule has 0 fully saturated rings. The lowest BCUT2D eigenvalue weighted by atomic mass is 10.2. The molecule has 1 unspecified atom stereocenters. The molecule has 0 saturated carbocycles. The Morgan fingerprint density at radius 3 is 2.75 bits per heavy atom.